The molecule has 5 heteroatoms. The van der Waals surface area contributed by atoms with E-state index >= 15 is 0 Å². The standard InChI is InChI=1S/C24H30N4O/c1-3-26(4-2)24(29)23(21-9-6-5-7-10-21)28-16-8-15-27(17-18-28)22-13-11-20(19-25)12-14-22/h5-7,9-14,23H,3-4,8,15-18H2,1-2H3. The predicted molar refractivity (Wildman–Crippen MR) is 117 cm³/mol. The van der Waals surface area contributed by atoms with Crippen molar-refractivity contribution >= 4 is 11.6 Å². The van der Waals surface area contributed by atoms with E-state index in [0.717, 1.165) is 56.9 Å². The summed E-state index contributed by atoms with van der Waals surface area (Å²) < 4.78 is 0. The largest absolute Gasteiger partial charge is 0.370 e. The molecule has 0 aromatic heterocycles. The van der Waals surface area contributed by atoms with Crippen LogP contribution in [0.2, 0.25) is 0 Å². The molecule has 1 atom stereocenters. The number of likely N-dealkylation sites (N-methyl/N-ethyl adjacent to an activating group) is 1. The van der Waals surface area contributed by atoms with Crippen molar-refractivity contribution in [1.29, 1.82) is 5.26 Å². The normalized spacial score (nSPS) is 16.0. The van der Waals surface area contributed by atoms with Crippen molar-refractivity contribution in [2.45, 2.75) is 26.3 Å². The van der Waals surface area contributed by atoms with Crippen molar-refractivity contribution in [3.05, 3.63) is 65.7 Å². The molecule has 1 heterocycles. The van der Waals surface area contributed by atoms with E-state index in [0.29, 0.717) is 5.56 Å². The minimum absolute atomic E-state index is 0.188. The van der Waals surface area contributed by atoms with E-state index in [2.05, 4.69) is 28.0 Å². The van der Waals surface area contributed by atoms with Gasteiger partial charge in [0, 0.05) is 45.0 Å². The summed E-state index contributed by atoms with van der Waals surface area (Å²) in [5, 5.41) is 9.02. The lowest BCUT2D eigenvalue weighted by Crippen LogP contribution is -2.44. The lowest BCUT2D eigenvalue weighted by atomic mass is 10.0. The number of carbonyl (C=O) groups excluding carboxylic acids is 1. The molecule has 1 unspecified atom stereocenters. The average molecular weight is 391 g/mol. The Morgan fingerprint density at radius 2 is 1.69 bits per heavy atom. The van der Waals surface area contributed by atoms with Crippen molar-refractivity contribution < 1.29 is 4.79 Å². The molecule has 1 aliphatic heterocycles. The highest BCUT2D eigenvalue weighted by molar-refractivity contribution is 5.83. The summed E-state index contributed by atoms with van der Waals surface area (Å²) in [6.07, 6.45) is 0.995. The van der Waals surface area contributed by atoms with Gasteiger partial charge in [-0.2, -0.15) is 5.26 Å². The van der Waals surface area contributed by atoms with Crippen LogP contribution in [0.5, 0.6) is 0 Å². The van der Waals surface area contributed by atoms with Crippen LogP contribution in [0, 0.1) is 11.3 Å². The van der Waals surface area contributed by atoms with Gasteiger partial charge in [-0.05, 0) is 50.1 Å². The molecule has 2 aromatic carbocycles. The van der Waals surface area contributed by atoms with Crippen LogP contribution in [0.25, 0.3) is 0 Å². The maximum atomic E-state index is 13.4. The molecule has 5 nitrogen and oxygen atoms in total. The van der Waals surface area contributed by atoms with Gasteiger partial charge >= 0.3 is 0 Å². The quantitative estimate of drug-likeness (QED) is 0.755. The number of nitrogens with zero attached hydrogens (tertiary/aromatic N) is 4. The van der Waals surface area contributed by atoms with Crippen LogP contribution in [-0.2, 0) is 4.79 Å². The molecule has 3 rings (SSSR count). The van der Waals surface area contributed by atoms with Gasteiger partial charge in [0.15, 0.2) is 0 Å². The Morgan fingerprint density at radius 3 is 2.31 bits per heavy atom. The van der Waals surface area contributed by atoms with Gasteiger partial charge in [-0.15, -0.1) is 0 Å². The molecular formula is C24H30N4O. The Labute approximate surface area is 174 Å². The first-order valence-electron chi connectivity index (χ1n) is 10.5. The molecule has 0 spiro atoms. The van der Waals surface area contributed by atoms with E-state index in [4.69, 9.17) is 5.26 Å². The van der Waals surface area contributed by atoms with Crippen LogP contribution in [0.15, 0.2) is 54.6 Å². The monoisotopic (exact) mass is 390 g/mol. The van der Waals surface area contributed by atoms with Gasteiger partial charge in [0.2, 0.25) is 5.91 Å². The molecule has 0 saturated carbocycles. The number of nitriles is 1. The number of hydrogen-bond donors (Lipinski definition) is 0. The predicted octanol–water partition coefficient (Wildman–Crippen LogP) is 3.68. The second-order valence-corrected chi connectivity index (χ2v) is 7.36. The fraction of sp³-hybridized carbons (Fsp3) is 0.417. The van der Waals surface area contributed by atoms with Crippen LogP contribution < -0.4 is 4.90 Å². The number of amides is 1. The summed E-state index contributed by atoms with van der Waals surface area (Å²) in [7, 11) is 0. The minimum Gasteiger partial charge on any atom is -0.370 e. The third-order valence-electron chi connectivity index (χ3n) is 5.68. The highest BCUT2D eigenvalue weighted by atomic mass is 16.2. The molecule has 0 radical (unpaired) electrons. The Kier molecular flexibility index (Phi) is 7.26. The van der Waals surface area contributed by atoms with E-state index in [1.54, 1.807) is 0 Å². The van der Waals surface area contributed by atoms with Crippen LogP contribution in [0.4, 0.5) is 5.69 Å². The third kappa shape index (κ3) is 4.96. The fourth-order valence-electron chi connectivity index (χ4n) is 4.05. The van der Waals surface area contributed by atoms with Crippen LogP contribution in [0.1, 0.15) is 37.4 Å². The van der Waals surface area contributed by atoms with Crippen molar-refractivity contribution in [3.63, 3.8) is 0 Å². The maximum Gasteiger partial charge on any atom is 0.244 e. The second-order valence-electron chi connectivity index (χ2n) is 7.36. The smallest absolute Gasteiger partial charge is 0.244 e. The Balaban J connectivity index is 1.80. The van der Waals surface area contributed by atoms with Crippen molar-refractivity contribution in [2.24, 2.45) is 0 Å². The summed E-state index contributed by atoms with van der Waals surface area (Å²) >= 11 is 0. The third-order valence-corrected chi connectivity index (χ3v) is 5.68. The number of benzene rings is 2. The van der Waals surface area contributed by atoms with E-state index in [1.807, 2.05) is 61.2 Å². The molecule has 1 fully saturated rings. The molecule has 0 N–H and O–H groups in total. The maximum absolute atomic E-state index is 13.4. The van der Waals surface area contributed by atoms with Crippen LogP contribution in [-0.4, -0.2) is 55.0 Å². The summed E-state index contributed by atoms with van der Waals surface area (Å²) in [6, 6.07) is 19.9. The Hall–Kier alpha value is -2.84. The van der Waals surface area contributed by atoms with E-state index < -0.39 is 0 Å². The van der Waals surface area contributed by atoms with Crippen LogP contribution in [0.3, 0.4) is 0 Å². The average Bonchev–Trinajstić information content (AvgIpc) is 3.02. The highest BCUT2D eigenvalue weighted by Crippen LogP contribution is 2.26. The molecule has 1 aliphatic rings. The fourth-order valence-corrected chi connectivity index (χ4v) is 4.05. The number of rotatable bonds is 6. The first-order valence-corrected chi connectivity index (χ1v) is 10.5. The molecule has 1 amide bonds. The summed E-state index contributed by atoms with van der Waals surface area (Å²) in [4.78, 5) is 20.0. The number of anilines is 1. The van der Waals surface area contributed by atoms with Gasteiger partial charge in [0.25, 0.3) is 0 Å². The zero-order valence-electron chi connectivity index (χ0n) is 17.4. The number of hydrogen-bond acceptors (Lipinski definition) is 4. The summed E-state index contributed by atoms with van der Waals surface area (Å²) in [6.45, 7) is 9.06. The first-order chi connectivity index (χ1) is 14.2. The van der Waals surface area contributed by atoms with Crippen molar-refractivity contribution in [3.8, 4) is 6.07 Å². The summed E-state index contributed by atoms with van der Waals surface area (Å²) in [5.41, 5.74) is 2.88. The molecule has 0 aliphatic carbocycles. The van der Waals surface area contributed by atoms with Gasteiger partial charge in [0.1, 0.15) is 6.04 Å². The Bertz CT molecular complexity index is 824. The molecule has 152 valence electrons. The minimum atomic E-state index is -0.239. The van der Waals surface area contributed by atoms with Gasteiger partial charge in [-0.1, -0.05) is 30.3 Å². The molecular weight excluding hydrogens is 360 g/mol. The first kappa shape index (κ1) is 20.9. The van der Waals surface area contributed by atoms with Crippen molar-refractivity contribution in [2.75, 3.05) is 44.2 Å². The Morgan fingerprint density at radius 1 is 1.00 bits per heavy atom. The molecule has 1 saturated heterocycles. The topological polar surface area (TPSA) is 50.6 Å². The second kappa shape index (κ2) is 10.1. The van der Waals surface area contributed by atoms with E-state index in [-0.39, 0.29) is 11.9 Å². The SMILES string of the molecule is CCN(CC)C(=O)C(c1ccccc1)N1CCCN(c2ccc(C#N)cc2)CC1. The van der Waals surface area contributed by atoms with Gasteiger partial charge in [-0.25, -0.2) is 0 Å². The lowest BCUT2D eigenvalue weighted by molar-refractivity contribution is -0.137. The van der Waals surface area contributed by atoms with Crippen molar-refractivity contribution in [1.82, 2.24) is 9.80 Å². The lowest BCUT2D eigenvalue weighted by Gasteiger charge is -2.34. The zero-order chi connectivity index (χ0) is 20.6. The van der Waals surface area contributed by atoms with Crippen LogP contribution >= 0.6 is 0 Å². The van der Waals surface area contributed by atoms with Gasteiger partial charge in [0.05, 0.1) is 11.6 Å². The summed E-state index contributed by atoms with van der Waals surface area (Å²) in [5.74, 6) is 0.188. The molecule has 29 heavy (non-hydrogen) atoms. The highest BCUT2D eigenvalue weighted by Gasteiger charge is 2.31. The molecule has 2 aromatic rings. The van der Waals surface area contributed by atoms with E-state index in [9.17, 15) is 4.79 Å². The van der Waals surface area contributed by atoms with Gasteiger partial charge in [-0.3, -0.25) is 9.69 Å². The molecule has 0 bridgehead atoms. The van der Waals surface area contributed by atoms with Gasteiger partial charge < -0.3 is 9.80 Å². The number of carbonyl (C=O) groups is 1. The van der Waals surface area contributed by atoms with E-state index in [1.165, 1.54) is 0 Å². The zero-order valence-corrected chi connectivity index (χ0v) is 17.4.